The standard InChI is InChI=1S/C14H20N2O.ClH/c1-10(11-7-8-11)16-14(17)9-13(15)12-5-3-2-4-6-12;/h2-6,10-11,13H,7-9,15H2,1H3,(H,16,17);1H. The van der Waals surface area contributed by atoms with Gasteiger partial charge in [-0.1, -0.05) is 30.3 Å². The van der Waals surface area contributed by atoms with Crippen molar-refractivity contribution in [2.75, 3.05) is 0 Å². The van der Waals surface area contributed by atoms with Gasteiger partial charge in [0.2, 0.25) is 5.91 Å². The number of nitrogens with one attached hydrogen (secondary N) is 1. The van der Waals surface area contributed by atoms with Crippen molar-refractivity contribution in [3.63, 3.8) is 0 Å². The minimum absolute atomic E-state index is 0. The second kappa shape index (κ2) is 6.76. The maximum Gasteiger partial charge on any atom is 0.222 e. The van der Waals surface area contributed by atoms with E-state index in [0.29, 0.717) is 18.4 Å². The summed E-state index contributed by atoms with van der Waals surface area (Å²) < 4.78 is 0. The summed E-state index contributed by atoms with van der Waals surface area (Å²) >= 11 is 0. The maximum absolute atomic E-state index is 11.8. The third kappa shape index (κ3) is 4.31. The molecular formula is C14H21ClN2O. The van der Waals surface area contributed by atoms with E-state index < -0.39 is 0 Å². The summed E-state index contributed by atoms with van der Waals surface area (Å²) in [6.07, 6.45) is 2.85. The van der Waals surface area contributed by atoms with Crippen LogP contribution >= 0.6 is 12.4 Å². The fourth-order valence-corrected chi connectivity index (χ4v) is 2.04. The molecule has 0 bridgehead atoms. The first-order valence-electron chi connectivity index (χ1n) is 6.26. The summed E-state index contributed by atoms with van der Waals surface area (Å²) in [4.78, 5) is 11.8. The second-order valence-corrected chi connectivity index (χ2v) is 4.91. The van der Waals surface area contributed by atoms with Gasteiger partial charge in [-0.15, -0.1) is 12.4 Å². The maximum atomic E-state index is 11.8. The predicted octanol–water partition coefficient (Wildman–Crippen LogP) is 2.41. The molecule has 1 aromatic carbocycles. The van der Waals surface area contributed by atoms with Crippen LogP contribution in [0.2, 0.25) is 0 Å². The fourth-order valence-electron chi connectivity index (χ4n) is 2.04. The monoisotopic (exact) mass is 268 g/mol. The van der Waals surface area contributed by atoms with Crippen LogP contribution < -0.4 is 11.1 Å². The highest BCUT2D eigenvalue weighted by Gasteiger charge is 2.29. The lowest BCUT2D eigenvalue weighted by Crippen LogP contribution is -2.35. The quantitative estimate of drug-likeness (QED) is 0.862. The topological polar surface area (TPSA) is 55.1 Å². The van der Waals surface area contributed by atoms with Gasteiger partial charge in [0.05, 0.1) is 0 Å². The van der Waals surface area contributed by atoms with Crippen LogP contribution in [-0.4, -0.2) is 11.9 Å². The zero-order chi connectivity index (χ0) is 12.3. The molecule has 4 heteroatoms. The number of nitrogens with two attached hydrogens (primary N) is 1. The van der Waals surface area contributed by atoms with Crippen molar-refractivity contribution in [1.29, 1.82) is 0 Å². The Morgan fingerprint density at radius 3 is 2.56 bits per heavy atom. The van der Waals surface area contributed by atoms with Gasteiger partial charge in [0.15, 0.2) is 0 Å². The molecule has 2 unspecified atom stereocenters. The molecule has 1 fully saturated rings. The molecule has 1 aliphatic carbocycles. The van der Waals surface area contributed by atoms with Crippen molar-refractivity contribution >= 4 is 18.3 Å². The third-order valence-corrected chi connectivity index (χ3v) is 3.35. The van der Waals surface area contributed by atoms with E-state index in [2.05, 4.69) is 12.2 Å². The Morgan fingerprint density at radius 1 is 1.39 bits per heavy atom. The molecule has 18 heavy (non-hydrogen) atoms. The Bertz CT molecular complexity index is 379. The van der Waals surface area contributed by atoms with E-state index in [9.17, 15) is 4.79 Å². The van der Waals surface area contributed by atoms with Gasteiger partial charge in [-0.2, -0.15) is 0 Å². The van der Waals surface area contributed by atoms with Gasteiger partial charge < -0.3 is 11.1 Å². The molecular weight excluding hydrogens is 248 g/mol. The number of rotatable bonds is 5. The lowest BCUT2D eigenvalue weighted by Gasteiger charge is -2.16. The first-order valence-corrected chi connectivity index (χ1v) is 6.26. The molecule has 0 heterocycles. The van der Waals surface area contributed by atoms with Crippen molar-refractivity contribution in [3.05, 3.63) is 35.9 Å². The number of hydrogen-bond donors (Lipinski definition) is 2. The summed E-state index contributed by atoms with van der Waals surface area (Å²) in [5.41, 5.74) is 7.02. The Labute approximate surface area is 115 Å². The lowest BCUT2D eigenvalue weighted by molar-refractivity contribution is -0.122. The molecule has 0 spiro atoms. The van der Waals surface area contributed by atoms with Crippen LogP contribution in [0.15, 0.2) is 30.3 Å². The van der Waals surface area contributed by atoms with Crippen molar-refractivity contribution in [2.24, 2.45) is 11.7 Å². The molecule has 0 aliphatic heterocycles. The second-order valence-electron chi connectivity index (χ2n) is 4.91. The molecule has 2 rings (SSSR count). The van der Waals surface area contributed by atoms with Crippen LogP contribution in [0, 0.1) is 5.92 Å². The Kier molecular flexibility index (Phi) is 5.63. The summed E-state index contributed by atoms with van der Waals surface area (Å²) in [5, 5.41) is 3.02. The van der Waals surface area contributed by atoms with Gasteiger partial charge in [0.1, 0.15) is 0 Å². The predicted molar refractivity (Wildman–Crippen MR) is 75.6 cm³/mol. The van der Waals surface area contributed by atoms with E-state index in [1.54, 1.807) is 0 Å². The van der Waals surface area contributed by atoms with Crippen LogP contribution in [0.3, 0.4) is 0 Å². The van der Waals surface area contributed by atoms with Crippen molar-refractivity contribution in [3.8, 4) is 0 Å². The van der Waals surface area contributed by atoms with Gasteiger partial charge in [0.25, 0.3) is 0 Å². The van der Waals surface area contributed by atoms with Crippen molar-refractivity contribution in [2.45, 2.75) is 38.3 Å². The van der Waals surface area contributed by atoms with E-state index in [-0.39, 0.29) is 24.4 Å². The van der Waals surface area contributed by atoms with E-state index in [1.807, 2.05) is 30.3 Å². The van der Waals surface area contributed by atoms with Crippen LogP contribution in [0.5, 0.6) is 0 Å². The molecule has 3 nitrogen and oxygen atoms in total. The van der Waals surface area contributed by atoms with E-state index in [0.717, 1.165) is 5.56 Å². The average Bonchev–Trinajstić information content (AvgIpc) is 3.13. The summed E-state index contributed by atoms with van der Waals surface area (Å²) in [6.45, 7) is 2.07. The smallest absolute Gasteiger partial charge is 0.222 e. The number of hydrogen-bond acceptors (Lipinski definition) is 2. The number of carbonyl (C=O) groups is 1. The molecule has 100 valence electrons. The molecule has 1 aliphatic rings. The molecule has 1 saturated carbocycles. The highest BCUT2D eigenvalue weighted by atomic mass is 35.5. The van der Waals surface area contributed by atoms with Crippen molar-refractivity contribution < 1.29 is 4.79 Å². The SMILES string of the molecule is CC(NC(=O)CC(N)c1ccccc1)C1CC1.Cl. The van der Waals surface area contributed by atoms with E-state index in [4.69, 9.17) is 5.73 Å². The minimum Gasteiger partial charge on any atom is -0.353 e. The number of benzene rings is 1. The molecule has 0 aromatic heterocycles. The van der Waals surface area contributed by atoms with Crippen LogP contribution in [0.1, 0.15) is 37.8 Å². The van der Waals surface area contributed by atoms with Gasteiger partial charge in [-0.3, -0.25) is 4.79 Å². The van der Waals surface area contributed by atoms with Crippen molar-refractivity contribution in [1.82, 2.24) is 5.32 Å². The van der Waals surface area contributed by atoms with Crippen LogP contribution in [-0.2, 0) is 4.79 Å². The summed E-state index contributed by atoms with van der Waals surface area (Å²) in [6, 6.07) is 9.85. The van der Waals surface area contributed by atoms with Crippen LogP contribution in [0.4, 0.5) is 0 Å². The highest BCUT2D eigenvalue weighted by molar-refractivity contribution is 5.85. The minimum atomic E-state index is -0.206. The highest BCUT2D eigenvalue weighted by Crippen LogP contribution is 2.32. The number of carbonyl (C=O) groups excluding carboxylic acids is 1. The molecule has 3 N–H and O–H groups in total. The normalized spacial score (nSPS) is 17.4. The first-order chi connectivity index (χ1) is 8.16. The van der Waals surface area contributed by atoms with E-state index >= 15 is 0 Å². The number of amides is 1. The number of halogens is 1. The molecule has 0 radical (unpaired) electrons. The average molecular weight is 269 g/mol. The molecule has 2 atom stereocenters. The van der Waals surface area contributed by atoms with Gasteiger partial charge in [0, 0.05) is 18.5 Å². The largest absolute Gasteiger partial charge is 0.353 e. The summed E-state index contributed by atoms with van der Waals surface area (Å²) in [7, 11) is 0. The van der Waals surface area contributed by atoms with E-state index in [1.165, 1.54) is 12.8 Å². The molecule has 0 saturated heterocycles. The first kappa shape index (κ1) is 15.0. The van der Waals surface area contributed by atoms with Gasteiger partial charge in [-0.05, 0) is 31.2 Å². The fraction of sp³-hybridized carbons (Fsp3) is 0.500. The zero-order valence-corrected chi connectivity index (χ0v) is 11.5. The Balaban J connectivity index is 0.00000162. The zero-order valence-electron chi connectivity index (χ0n) is 10.6. The molecule has 1 amide bonds. The van der Waals surface area contributed by atoms with Gasteiger partial charge in [-0.25, -0.2) is 0 Å². The summed E-state index contributed by atoms with van der Waals surface area (Å²) in [5.74, 6) is 0.743. The van der Waals surface area contributed by atoms with Crippen LogP contribution in [0.25, 0.3) is 0 Å². The van der Waals surface area contributed by atoms with Gasteiger partial charge >= 0.3 is 0 Å². The Hall–Kier alpha value is -1.06. The molecule has 1 aromatic rings. The Morgan fingerprint density at radius 2 is 2.00 bits per heavy atom. The third-order valence-electron chi connectivity index (χ3n) is 3.35. The lowest BCUT2D eigenvalue weighted by atomic mass is 10.0.